The van der Waals surface area contributed by atoms with Crippen molar-refractivity contribution in [1.29, 1.82) is 0 Å². The molecule has 3 aromatic rings. The van der Waals surface area contributed by atoms with Crippen molar-refractivity contribution in [3.8, 4) is 11.1 Å². The molecule has 1 aliphatic rings. The summed E-state index contributed by atoms with van der Waals surface area (Å²) in [4.78, 5) is 38.5. The van der Waals surface area contributed by atoms with E-state index in [0.717, 1.165) is 28.8 Å². The number of amides is 2. The fourth-order valence-electron chi connectivity index (χ4n) is 4.11. The lowest BCUT2D eigenvalue weighted by Crippen LogP contribution is -2.59. The second-order valence-electron chi connectivity index (χ2n) is 8.15. The molecule has 0 bridgehead atoms. The monoisotopic (exact) mass is 428 g/mol. The maximum absolute atomic E-state index is 13.3. The fourth-order valence-corrected chi connectivity index (χ4v) is 4.11. The highest BCUT2D eigenvalue weighted by Crippen LogP contribution is 2.23. The largest absolute Gasteiger partial charge is 0.339 e. The van der Waals surface area contributed by atoms with Crippen molar-refractivity contribution in [2.45, 2.75) is 32.7 Å². The summed E-state index contributed by atoms with van der Waals surface area (Å²) in [6, 6.07) is 17.9. The molecule has 1 atom stereocenters. The minimum Gasteiger partial charge on any atom is -0.339 e. The van der Waals surface area contributed by atoms with Crippen LogP contribution in [0.2, 0.25) is 0 Å². The summed E-state index contributed by atoms with van der Waals surface area (Å²) in [5.74, 6) is -0.244. The van der Waals surface area contributed by atoms with Gasteiger partial charge in [0.05, 0.1) is 11.9 Å². The van der Waals surface area contributed by atoms with Crippen LogP contribution in [0.4, 0.5) is 0 Å². The summed E-state index contributed by atoms with van der Waals surface area (Å²) in [7, 11) is 0. The molecule has 2 amide bonds. The lowest BCUT2D eigenvalue weighted by atomic mass is 9.98. The van der Waals surface area contributed by atoms with Gasteiger partial charge in [-0.15, -0.1) is 0 Å². The summed E-state index contributed by atoms with van der Waals surface area (Å²) in [6.07, 6.45) is 4.44. The predicted molar refractivity (Wildman–Crippen MR) is 124 cm³/mol. The first kappa shape index (κ1) is 21.7. The molecule has 2 heterocycles. The lowest BCUT2D eigenvalue weighted by molar-refractivity contribution is -0.140. The van der Waals surface area contributed by atoms with Crippen molar-refractivity contribution in [2.24, 2.45) is 0 Å². The molecule has 0 spiro atoms. The van der Waals surface area contributed by atoms with E-state index in [-0.39, 0.29) is 17.5 Å². The number of carbonyl (C=O) groups is 2. The van der Waals surface area contributed by atoms with Crippen LogP contribution in [0, 0.1) is 6.92 Å². The molecule has 0 N–H and O–H groups in total. The first-order valence-corrected chi connectivity index (χ1v) is 11.1. The van der Waals surface area contributed by atoms with E-state index in [4.69, 9.17) is 0 Å². The topological polar surface area (TPSA) is 66.4 Å². The maximum atomic E-state index is 13.3. The number of carbonyl (C=O) groups excluding carboxylic acids is 2. The average Bonchev–Trinajstić information content (AvgIpc) is 2.83. The van der Waals surface area contributed by atoms with E-state index in [1.807, 2.05) is 42.2 Å². The molecule has 2 aromatic carbocycles. The van der Waals surface area contributed by atoms with Crippen molar-refractivity contribution < 1.29 is 9.59 Å². The average molecular weight is 429 g/mol. The van der Waals surface area contributed by atoms with Crippen LogP contribution < -0.4 is 0 Å². The molecule has 0 unspecified atom stereocenters. The second kappa shape index (κ2) is 9.73. The van der Waals surface area contributed by atoms with Gasteiger partial charge in [-0.3, -0.25) is 14.6 Å². The van der Waals surface area contributed by atoms with Crippen LogP contribution in [-0.4, -0.2) is 57.3 Å². The van der Waals surface area contributed by atoms with Crippen molar-refractivity contribution in [3.63, 3.8) is 0 Å². The Morgan fingerprint density at radius 2 is 1.69 bits per heavy atom. The van der Waals surface area contributed by atoms with Crippen molar-refractivity contribution in [3.05, 3.63) is 83.9 Å². The highest BCUT2D eigenvalue weighted by atomic mass is 16.2. The Bertz CT molecular complexity index is 1070. The molecular weight excluding hydrogens is 400 g/mol. The van der Waals surface area contributed by atoms with Gasteiger partial charge in [0, 0.05) is 32.3 Å². The molecule has 1 fully saturated rings. The molecule has 164 valence electrons. The Kier molecular flexibility index (Phi) is 6.59. The van der Waals surface area contributed by atoms with Gasteiger partial charge in [0.2, 0.25) is 5.91 Å². The smallest absolute Gasteiger partial charge is 0.274 e. The van der Waals surface area contributed by atoms with Gasteiger partial charge in [0.25, 0.3) is 5.91 Å². The molecule has 1 aliphatic heterocycles. The number of piperazine rings is 1. The fraction of sp³-hybridized carbons (Fsp3) is 0.308. The molecule has 1 aromatic heterocycles. The molecule has 4 rings (SSSR count). The van der Waals surface area contributed by atoms with E-state index in [1.54, 1.807) is 11.1 Å². The highest BCUT2D eigenvalue weighted by Gasteiger charge is 2.37. The Hall–Kier alpha value is -3.54. The normalized spacial score (nSPS) is 16.3. The summed E-state index contributed by atoms with van der Waals surface area (Å²) in [5.41, 5.74) is 4.32. The molecule has 0 radical (unpaired) electrons. The van der Waals surface area contributed by atoms with Gasteiger partial charge >= 0.3 is 0 Å². The first-order chi connectivity index (χ1) is 15.6. The molecule has 0 aliphatic carbocycles. The number of benzene rings is 2. The van der Waals surface area contributed by atoms with Gasteiger partial charge in [-0.2, -0.15) is 0 Å². The van der Waals surface area contributed by atoms with Crippen LogP contribution in [0.3, 0.4) is 0 Å². The minimum atomic E-state index is -0.548. The van der Waals surface area contributed by atoms with E-state index in [1.165, 1.54) is 6.20 Å². The van der Waals surface area contributed by atoms with E-state index in [2.05, 4.69) is 41.2 Å². The van der Waals surface area contributed by atoms with Crippen LogP contribution in [0.25, 0.3) is 11.1 Å². The molecule has 32 heavy (non-hydrogen) atoms. The number of rotatable bonds is 6. The first-order valence-electron chi connectivity index (χ1n) is 11.1. The Morgan fingerprint density at radius 3 is 2.34 bits per heavy atom. The van der Waals surface area contributed by atoms with Gasteiger partial charge in [-0.1, -0.05) is 61.5 Å². The summed E-state index contributed by atoms with van der Waals surface area (Å²) >= 11 is 0. The van der Waals surface area contributed by atoms with Crippen LogP contribution >= 0.6 is 0 Å². The van der Waals surface area contributed by atoms with Crippen LogP contribution in [0.15, 0.2) is 67.0 Å². The number of aromatic nitrogens is 2. The number of nitrogens with zero attached hydrogens (tertiary/aromatic N) is 4. The molecule has 6 heteroatoms. The molecule has 1 saturated heterocycles. The van der Waals surface area contributed by atoms with E-state index in [9.17, 15) is 9.59 Å². The molecule has 0 saturated carbocycles. The van der Waals surface area contributed by atoms with Crippen molar-refractivity contribution in [1.82, 2.24) is 19.8 Å². The summed E-state index contributed by atoms with van der Waals surface area (Å²) < 4.78 is 0. The number of aryl methyl sites for hydroxylation is 1. The zero-order chi connectivity index (χ0) is 22.5. The van der Waals surface area contributed by atoms with E-state index in [0.29, 0.717) is 26.1 Å². The van der Waals surface area contributed by atoms with Crippen molar-refractivity contribution in [2.75, 3.05) is 19.6 Å². The molecule has 6 nitrogen and oxygen atoms in total. The highest BCUT2D eigenvalue weighted by molar-refractivity contribution is 5.96. The third-order valence-electron chi connectivity index (χ3n) is 5.83. The summed E-state index contributed by atoms with van der Waals surface area (Å²) in [5, 5.41) is 0. The van der Waals surface area contributed by atoms with Crippen LogP contribution in [0.1, 0.15) is 35.1 Å². The van der Waals surface area contributed by atoms with Crippen LogP contribution in [-0.2, 0) is 11.2 Å². The van der Waals surface area contributed by atoms with E-state index < -0.39 is 6.04 Å². The van der Waals surface area contributed by atoms with Crippen molar-refractivity contribution >= 4 is 11.8 Å². The van der Waals surface area contributed by atoms with Gasteiger partial charge < -0.3 is 9.80 Å². The van der Waals surface area contributed by atoms with Gasteiger partial charge in [-0.25, -0.2) is 4.98 Å². The third kappa shape index (κ3) is 4.69. The quantitative estimate of drug-likeness (QED) is 0.600. The SMILES string of the molecule is CCCN1CCN(C(=O)c2cnc(C)cn2)[C@H](Cc2ccc(-c3ccccc3)cc2)C1=O. The maximum Gasteiger partial charge on any atom is 0.274 e. The second-order valence-corrected chi connectivity index (χ2v) is 8.15. The molecular formula is C26H28N4O2. The minimum absolute atomic E-state index is 0.00124. The Balaban J connectivity index is 1.58. The summed E-state index contributed by atoms with van der Waals surface area (Å²) in [6.45, 7) is 5.63. The zero-order valence-corrected chi connectivity index (χ0v) is 18.6. The van der Waals surface area contributed by atoms with Gasteiger partial charge in [0.1, 0.15) is 11.7 Å². The van der Waals surface area contributed by atoms with Gasteiger partial charge in [0.15, 0.2) is 0 Å². The van der Waals surface area contributed by atoms with Gasteiger partial charge in [-0.05, 0) is 30.0 Å². The number of hydrogen-bond donors (Lipinski definition) is 0. The van der Waals surface area contributed by atoms with E-state index >= 15 is 0 Å². The number of hydrogen-bond acceptors (Lipinski definition) is 4. The standard InChI is InChI=1S/C26H28N4O2/c1-3-13-29-14-15-30(25(31)23-18-27-19(2)17-28-23)24(26(29)32)16-20-9-11-22(12-10-20)21-7-5-4-6-8-21/h4-12,17-18,24H,3,13-16H2,1-2H3/t24-/m1/s1. The zero-order valence-electron chi connectivity index (χ0n) is 18.6. The van der Waals surface area contributed by atoms with Crippen LogP contribution in [0.5, 0.6) is 0 Å². The Morgan fingerprint density at radius 1 is 0.969 bits per heavy atom. The third-order valence-corrected chi connectivity index (χ3v) is 5.83. The predicted octanol–water partition coefficient (Wildman–Crippen LogP) is 3.76. The lowest BCUT2D eigenvalue weighted by Gasteiger charge is -2.40. The Labute approximate surface area is 188 Å².